The molecule has 0 saturated heterocycles. The van der Waals surface area contributed by atoms with Crippen LogP contribution in [0.2, 0.25) is 0 Å². The third-order valence-corrected chi connectivity index (χ3v) is 4.68. The number of carbonyl (C=O) groups is 4. The number of hydrogen-bond acceptors (Lipinski definition) is 6. The van der Waals surface area contributed by atoms with E-state index < -0.39 is 54.3 Å². The lowest BCUT2D eigenvalue weighted by Gasteiger charge is -2.28. The summed E-state index contributed by atoms with van der Waals surface area (Å²) in [6, 6.07) is -1.68. The number of hydrogen-bond donors (Lipinski definition) is 6. The molecule has 0 aliphatic rings. The molecule has 0 rings (SSSR count). The summed E-state index contributed by atoms with van der Waals surface area (Å²) in [4.78, 5) is 47.5. The summed E-state index contributed by atoms with van der Waals surface area (Å²) in [6.07, 6.45) is -0.643. The van der Waals surface area contributed by atoms with Crippen LogP contribution in [0.25, 0.3) is 0 Å². The molecule has 0 aliphatic carbocycles. The fourth-order valence-corrected chi connectivity index (χ4v) is 2.91. The third kappa shape index (κ3) is 13.0. The van der Waals surface area contributed by atoms with Crippen molar-refractivity contribution in [3.05, 3.63) is 0 Å². The smallest absolute Gasteiger partial charge is 0.244 e. The molecule has 4 atom stereocenters. The number of carbonyl (C=O) groups excluding carboxylic acids is 4. The molecule has 0 saturated carbocycles. The van der Waals surface area contributed by atoms with E-state index in [-0.39, 0.29) is 31.1 Å². The summed E-state index contributed by atoms with van der Waals surface area (Å²) in [5, 5.41) is 27.9. The molecule has 0 aromatic heterocycles. The Labute approximate surface area is 184 Å². The van der Waals surface area contributed by atoms with Crippen molar-refractivity contribution in [2.45, 2.75) is 78.5 Å². The largest absolute Gasteiger partial charge is 0.394 e. The van der Waals surface area contributed by atoms with Crippen molar-refractivity contribution in [1.29, 1.82) is 0 Å². The van der Waals surface area contributed by atoms with Gasteiger partial charge in [-0.1, -0.05) is 34.6 Å². The van der Waals surface area contributed by atoms with Crippen LogP contribution in [0.15, 0.2) is 0 Å². The first-order chi connectivity index (χ1) is 14.4. The standard InChI is InChI=1S/C21H40N4O6/c1-12(2)8-15(24-19(29)7-6-18(22)28)17(27)9-14(5)20(30)25-16(11-26)21(31)23-10-13(3)4/h12-17,26-27H,6-11H2,1-5H3,(H2,22,28)(H,23,31)(H,24,29)(H,25,30)/t14-,15+,16?,17+/m1/s1. The topological polar surface area (TPSA) is 171 Å². The minimum absolute atomic E-state index is 0.0467. The number of aliphatic hydroxyl groups is 2. The number of nitrogens with one attached hydrogen (secondary N) is 3. The second kappa shape index (κ2) is 14.7. The van der Waals surface area contributed by atoms with Crippen molar-refractivity contribution in [2.75, 3.05) is 13.2 Å². The van der Waals surface area contributed by atoms with Crippen LogP contribution in [0.1, 0.15) is 60.3 Å². The summed E-state index contributed by atoms with van der Waals surface area (Å²) < 4.78 is 0. The molecule has 0 bridgehead atoms. The van der Waals surface area contributed by atoms with Crippen molar-refractivity contribution in [1.82, 2.24) is 16.0 Å². The number of nitrogens with two attached hydrogens (primary N) is 1. The fourth-order valence-electron chi connectivity index (χ4n) is 2.91. The SMILES string of the molecule is CC(C)CNC(=O)C(CO)NC(=O)[C@H](C)C[C@H](O)[C@H](CC(C)C)NC(=O)CCC(N)=O. The maximum absolute atomic E-state index is 12.5. The van der Waals surface area contributed by atoms with Crippen molar-refractivity contribution in [2.24, 2.45) is 23.5 Å². The van der Waals surface area contributed by atoms with Crippen LogP contribution < -0.4 is 21.7 Å². The lowest BCUT2D eigenvalue weighted by molar-refractivity contribution is -0.132. The molecule has 10 nitrogen and oxygen atoms in total. The van der Waals surface area contributed by atoms with E-state index in [9.17, 15) is 29.4 Å². The van der Waals surface area contributed by atoms with E-state index in [4.69, 9.17) is 5.73 Å². The molecule has 0 aromatic carbocycles. The molecule has 4 amide bonds. The molecule has 0 fully saturated rings. The zero-order valence-electron chi connectivity index (χ0n) is 19.3. The van der Waals surface area contributed by atoms with Crippen LogP contribution in [-0.2, 0) is 19.2 Å². The van der Waals surface area contributed by atoms with Gasteiger partial charge in [-0.05, 0) is 24.7 Å². The minimum Gasteiger partial charge on any atom is -0.394 e. The van der Waals surface area contributed by atoms with Gasteiger partial charge in [0.15, 0.2) is 0 Å². The van der Waals surface area contributed by atoms with Crippen molar-refractivity contribution in [3.63, 3.8) is 0 Å². The fraction of sp³-hybridized carbons (Fsp3) is 0.810. The van der Waals surface area contributed by atoms with E-state index in [2.05, 4.69) is 16.0 Å². The van der Waals surface area contributed by atoms with Crippen LogP contribution in [0.5, 0.6) is 0 Å². The lowest BCUT2D eigenvalue weighted by atomic mass is 9.92. The van der Waals surface area contributed by atoms with E-state index in [0.717, 1.165) is 0 Å². The summed E-state index contributed by atoms with van der Waals surface area (Å²) in [6.45, 7) is 9.20. The predicted molar refractivity (Wildman–Crippen MR) is 116 cm³/mol. The third-order valence-electron chi connectivity index (χ3n) is 4.68. The van der Waals surface area contributed by atoms with Gasteiger partial charge in [-0.25, -0.2) is 0 Å². The summed E-state index contributed by atoms with van der Waals surface area (Å²) >= 11 is 0. The minimum atomic E-state index is -1.08. The van der Waals surface area contributed by atoms with Crippen LogP contribution in [0.4, 0.5) is 0 Å². The predicted octanol–water partition coefficient (Wildman–Crippen LogP) is -0.581. The first-order valence-corrected chi connectivity index (χ1v) is 10.8. The molecule has 0 spiro atoms. The molecule has 180 valence electrons. The highest BCUT2D eigenvalue weighted by Gasteiger charge is 2.28. The molecule has 0 aromatic rings. The molecule has 0 radical (unpaired) electrons. The highest BCUT2D eigenvalue weighted by molar-refractivity contribution is 5.88. The second-order valence-electron chi connectivity index (χ2n) is 8.86. The van der Waals surface area contributed by atoms with Crippen molar-refractivity contribution < 1.29 is 29.4 Å². The van der Waals surface area contributed by atoms with Crippen molar-refractivity contribution >= 4 is 23.6 Å². The normalized spacial score (nSPS) is 15.1. The average molecular weight is 445 g/mol. The van der Waals surface area contributed by atoms with E-state index in [1.165, 1.54) is 0 Å². The van der Waals surface area contributed by atoms with Crippen LogP contribution >= 0.6 is 0 Å². The Morgan fingerprint density at radius 1 is 0.871 bits per heavy atom. The van der Waals surface area contributed by atoms with Gasteiger partial charge in [-0.2, -0.15) is 0 Å². The Balaban J connectivity index is 4.89. The molecule has 7 N–H and O–H groups in total. The summed E-state index contributed by atoms with van der Waals surface area (Å²) in [7, 11) is 0. The zero-order valence-corrected chi connectivity index (χ0v) is 19.3. The first kappa shape index (κ1) is 28.8. The van der Waals surface area contributed by atoms with Gasteiger partial charge in [-0.3, -0.25) is 19.2 Å². The summed E-state index contributed by atoms with van der Waals surface area (Å²) in [5.41, 5.74) is 5.06. The highest BCUT2D eigenvalue weighted by Crippen LogP contribution is 2.16. The average Bonchev–Trinajstić information content (AvgIpc) is 2.67. The molecule has 31 heavy (non-hydrogen) atoms. The van der Waals surface area contributed by atoms with Crippen LogP contribution in [0, 0.1) is 17.8 Å². The van der Waals surface area contributed by atoms with Gasteiger partial charge in [0.2, 0.25) is 23.6 Å². The van der Waals surface area contributed by atoms with Gasteiger partial charge >= 0.3 is 0 Å². The van der Waals surface area contributed by atoms with E-state index in [0.29, 0.717) is 13.0 Å². The van der Waals surface area contributed by atoms with Gasteiger partial charge < -0.3 is 31.9 Å². The first-order valence-electron chi connectivity index (χ1n) is 10.8. The molecule has 0 aliphatic heterocycles. The zero-order chi connectivity index (χ0) is 24.1. The van der Waals surface area contributed by atoms with E-state index in [1.54, 1.807) is 6.92 Å². The van der Waals surface area contributed by atoms with Gasteiger partial charge in [0, 0.05) is 25.3 Å². The molecular formula is C21H40N4O6. The molecule has 1 unspecified atom stereocenters. The Kier molecular flexibility index (Phi) is 13.7. The van der Waals surface area contributed by atoms with E-state index in [1.807, 2.05) is 27.7 Å². The quantitative estimate of drug-likeness (QED) is 0.197. The highest BCUT2D eigenvalue weighted by atomic mass is 16.3. The Hall–Kier alpha value is -2.20. The summed E-state index contributed by atoms with van der Waals surface area (Å²) in [5.74, 6) is -2.22. The molecule has 10 heteroatoms. The van der Waals surface area contributed by atoms with Gasteiger partial charge in [0.05, 0.1) is 18.8 Å². The number of primary amides is 1. The monoisotopic (exact) mass is 444 g/mol. The maximum Gasteiger partial charge on any atom is 0.244 e. The maximum atomic E-state index is 12.5. The number of aliphatic hydroxyl groups excluding tert-OH is 2. The van der Waals surface area contributed by atoms with Gasteiger partial charge in [0.1, 0.15) is 6.04 Å². The van der Waals surface area contributed by atoms with E-state index >= 15 is 0 Å². The Morgan fingerprint density at radius 2 is 1.48 bits per heavy atom. The number of amides is 4. The van der Waals surface area contributed by atoms with Crippen LogP contribution in [0.3, 0.4) is 0 Å². The van der Waals surface area contributed by atoms with Crippen LogP contribution in [-0.4, -0.2) is 65.2 Å². The van der Waals surface area contributed by atoms with Gasteiger partial charge in [-0.15, -0.1) is 0 Å². The molecular weight excluding hydrogens is 404 g/mol. The Morgan fingerprint density at radius 3 is 1.97 bits per heavy atom. The second-order valence-corrected chi connectivity index (χ2v) is 8.86. The molecule has 0 heterocycles. The van der Waals surface area contributed by atoms with Gasteiger partial charge in [0.25, 0.3) is 0 Å². The Bertz CT molecular complexity index is 596. The number of rotatable bonds is 15. The van der Waals surface area contributed by atoms with Crippen molar-refractivity contribution in [3.8, 4) is 0 Å². The lowest BCUT2D eigenvalue weighted by Crippen LogP contribution is -2.51.